The van der Waals surface area contributed by atoms with Crippen molar-refractivity contribution in [3.8, 4) is 0 Å². The summed E-state index contributed by atoms with van der Waals surface area (Å²) in [5, 5.41) is 3.63. The highest BCUT2D eigenvalue weighted by Gasteiger charge is 2.36. The van der Waals surface area contributed by atoms with Crippen molar-refractivity contribution >= 4 is 11.6 Å². The summed E-state index contributed by atoms with van der Waals surface area (Å²) in [6.45, 7) is 7.31. The molecule has 28 heavy (non-hydrogen) atoms. The van der Waals surface area contributed by atoms with Crippen molar-refractivity contribution in [3.05, 3.63) is 48.5 Å². The average molecular weight is 382 g/mol. The fourth-order valence-electron chi connectivity index (χ4n) is 4.86. The van der Waals surface area contributed by atoms with Gasteiger partial charge in [-0.1, -0.05) is 18.2 Å². The van der Waals surface area contributed by atoms with Gasteiger partial charge < -0.3 is 14.8 Å². The molecular formula is C22H31N5O. The summed E-state index contributed by atoms with van der Waals surface area (Å²) in [6.07, 6.45) is 8.82. The smallest absolute Gasteiger partial charge is 0.242 e. The Hall–Kier alpha value is -2.34. The Balaban J connectivity index is 1.62. The molecule has 4 rings (SSSR count). The van der Waals surface area contributed by atoms with Gasteiger partial charge in [0.25, 0.3) is 0 Å². The fraction of sp³-hybridized carbons (Fsp3) is 0.545. The van der Waals surface area contributed by atoms with Crippen molar-refractivity contribution in [2.45, 2.75) is 64.3 Å². The molecule has 0 unspecified atom stereocenters. The second-order valence-corrected chi connectivity index (χ2v) is 8.31. The number of aromatic nitrogens is 2. The number of imidazole rings is 1. The Kier molecular flexibility index (Phi) is 5.67. The monoisotopic (exact) mass is 381 g/mol. The summed E-state index contributed by atoms with van der Waals surface area (Å²) >= 11 is 0. The number of nitrogens with one attached hydrogen (secondary N) is 1. The molecule has 1 aromatic carbocycles. The second kappa shape index (κ2) is 8.35. The van der Waals surface area contributed by atoms with E-state index in [1.54, 1.807) is 12.5 Å². The number of rotatable bonds is 3. The number of hydrogen-bond donors (Lipinski definition) is 1. The summed E-state index contributed by atoms with van der Waals surface area (Å²) in [6, 6.07) is 9.91. The number of amides is 1. The quantitative estimate of drug-likeness (QED) is 0.888. The van der Waals surface area contributed by atoms with Gasteiger partial charge in [-0.25, -0.2) is 4.98 Å². The molecule has 1 aromatic heterocycles. The van der Waals surface area contributed by atoms with Crippen LogP contribution >= 0.6 is 0 Å². The third-order valence-electron chi connectivity index (χ3n) is 6.11. The van der Waals surface area contributed by atoms with Gasteiger partial charge in [0.1, 0.15) is 6.54 Å². The number of benzene rings is 1. The number of nitrogens with zero attached hydrogens (tertiary/aromatic N) is 4. The molecule has 2 atom stereocenters. The van der Waals surface area contributed by atoms with Crippen LogP contribution in [0.5, 0.6) is 0 Å². The minimum Gasteiger partial charge on any atom is -0.385 e. The zero-order chi connectivity index (χ0) is 19.5. The van der Waals surface area contributed by atoms with Gasteiger partial charge in [0, 0.05) is 55.8 Å². The van der Waals surface area contributed by atoms with Gasteiger partial charge in [0.15, 0.2) is 0 Å². The molecule has 2 aliphatic heterocycles. The Morgan fingerprint density at radius 2 is 2.04 bits per heavy atom. The van der Waals surface area contributed by atoms with E-state index < -0.39 is 0 Å². The summed E-state index contributed by atoms with van der Waals surface area (Å²) in [7, 11) is 0. The van der Waals surface area contributed by atoms with Crippen LogP contribution in [-0.2, 0) is 17.9 Å². The van der Waals surface area contributed by atoms with E-state index in [0.29, 0.717) is 31.2 Å². The topological polar surface area (TPSA) is 53.4 Å². The number of para-hydroxylation sites is 1. The zero-order valence-corrected chi connectivity index (χ0v) is 16.9. The molecule has 3 heterocycles. The highest BCUT2D eigenvalue weighted by molar-refractivity contribution is 5.76. The second-order valence-electron chi connectivity index (χ2n) is 8.31. The Bertz CT molecular complexity index is 788. The number of carbonyl (C=O) groups is 1. The van der Waals surface area contributed by atoms with Crippen molar-refractivity contribution in [1.82, 2.24) is 19.4 Å². The largest absolute Gasteiger partial charge is 0.385 e. The molecule has 2 aromatic rings. The van der Waals surface area contributed by atoms with Crippen LogP contribution in [0.4, 0.5) is 5.69 Å². The van der Waals surface area contributed by atoms with E-state index in [0.717, 1.165) is 25.2 Å². The van der Waals surface area contributed by atoms with Gasteiger partial charge >= 0.3 is 0 Å². The van der Waals surface area contributed by atoms with Crippen molar-refractivity contribution in [3.63, 3.8) is 0 Å². The van der Waals surface area contributed by atoms with Crippen molar-refractivity contribution in [1.29, 1.82) is 0 Å². The number of hydrogen-bond acceptors (Lipinski definition) is 4. The van der Waals surface area contributed by atoms with Crippen molar-refractivity contribution in [2.24, 2.45) is 0 Å². The lowest BCUT2D eigenvalue weighted by molar-refractivity contribution is -0.133. The van der Waals surface area contributed by atoms with Gasteiger partial charge in [-0.05, 0) is 44.7 Å². The van der Waals surface area contributed by atoms with Gasteiger partial charge in [0.2, 0.25) is 5.91 Å². The predicted molar refractivity (Wildman–Crippen MR) is 111 cm³/mol. The van der Waals surface area contributed by atoms with Crippen molar-refractivity contribution < 1.29 is 4.79 Å². The summed E-state index contributed by atoms with van der Waals surface area (Å²) in [4.78, 5) is 22.0. The van der Waals surface area contributed by atoms with Crippen LogP contribution in [0.3, 0.4) is 0 Å². The van der Waals surface area contributed by atoms with Gasteiger partial charge in [-0.15, -0.1) is 0 Å². The highest BCUT2D eigenvalue weighted by atomic mass is 16.2. The predicted octanol–water partition coefficient (Wildman–Crippen LogP) is 2.97. The van der Waals surface area contributed by atoms with Gasteiger partial charge in [-0.3, -0.25) is 9.69 Å². The molecular weight excluding hydrogens is 350 g/mol. The minimum atomic E-state index is 0.152. The van der Waals surface area contributed by atoms with Crippen LogP contribution in [0.15, 0.2) is 43.0 Å². The molecule has 6 nitrogen and oxygen atoms in total. The fourth-order valence-corrected chi connectivity index (χ4v) is 4.86. The molecule has 6 heteroatoms. The maximum absolute atomic E-state index is 13.2. The van der Waals surface area contributed by atoms with E-state index in [1.807, 2.05) is 15.7 Å². The molecule has 0 radical (unpaired) electrons. The highest BCUT2D eigenvalue weighted by Crippen LogP contribution is 2.31. The van der Waals surface area contributed by atoms with E-state index in [-0.39, 0.29) is 5.91 Å². The van der Waals surface area contributed by atoms with Crippen LogP contribution < -0.4 is 5.32 Å². The normalized spacial score (nSPS) is 23.2. The summed E-state index contributed by atoms with van der Waals surface area (Å²) in [5.74, 6) is 0.152. The molecule has 1 saturated heterocycles. The maximum atomic E-state index is 13.2. The molecule has 2 aliphatic rings. The van der Waals surface area contributed by atoms with Crippen LogP contribution in [0.1, 0.15) is 38.7 Å². The molecule has 0 aliphatic carbocycles. The Morgan fingerprint density at radius 1 is 1.21 bits per heavy atom. The molecule has 0 saturated carbocycles. The van der Waals surface area contributed by atoms with Crippen LogP contribution in [0.25, 0.3) is 0 Å². The maximum Gasteiger partial charge on any atom is 0.242 e. The lowest BCUT2D eigenvalue weighted by atomic mass is 10.1. The molecule has 2 bridgehead atoms. The molecule has 1 fully saturated rings. The third-order valence-corrected chi connectivity index (χ3v) is 6.11. The summed E-state index contributed by atoms with van der Waals surface area (Å²) < 4.78 is 1.86. The van der Waals surface area contributed by atoms with E-state index in [2.05, 4.69) is 53.3 Å². The standard InChI is InChI=1S/C22H31N5O/c1-17(2)27-19-7-8-20(27)14-26(22(28)15-25-12-11-23-16-25)13-18-5-3-4-6-21(18)24-10-9-19/h3-6,11-12,16-17,19-20,24H,7-10,13-15H2,1-2H3/t19-,20+/m1/s1. The van der Waals surface area contributed by atoms with Crippen molar-refractivity contribution in [2.75, 3.05) is 18.4 Å². The first-order valence-corrected chi connectivity index (χ1v) is 10.4. The first kappa shape index (κ1) is 19.0. The Morgan fingerprint density at radius 3 is 2.82 bits per heavy atom. The van der Waals surface area contributed by atoms with E-state index in [9.17, 15) is 4.79 Å². The molecule has 0 spiro atoms. The summed E-state index contributed by atoms with van der Waals surface area (Å²) in [5.41, 5.74) is 2.34. The van der Waals surface area contributed by atoms with E-state index >= 15 is 0 Å². The van der Waals surface area contributed by atoms with Gasteiger partial charge in [-0.2, -0.15) is 0 Å². The third kappa shape index (κ3) is 4.07. The lowest BCUT2D eigenvalue weighted by Gasteiger charge is -2.36. The van der Waals surface area contributed by atoms with E-state index in [4.69, 9.17) is 0 Å². The van der Waals surface area contributed by atoms with Gasteiger partial charge in [0.05, 0.1) is 6.33 Å². The lowest BCUT2D eigenvalue weighted by Crippen LogP contribution is -2.48. The first-order chi connectivity index (χ1) is 13.6. The van der Waals surface area contributed by atoms with Crippen LogP contribution in [0, 0.1) is 0 Å². The minimum absolute atomic E-state index is 0.152. The number of carbonyl (C=O) groups excluding carboxylic acids is 1. The van der Waals surface area contributed by atoms with E-state index in [1.165, 1.54) is 18.4 Å². The van der Waals surface area contributed by atoms with Crippen LogP contribution in [0.2, 0.25) is 0 Å². The number of anilines is 1. The zero-order valence-electron chi connectivity index (χ0n) is 16.9. The number of fused-ring (bicyclic) bond motifs is 3. The molecule has 1 N–H and O–H groups in total. The molecule has 150 valence electrons. The molecule has 1 amide bonds. The average Bonchev–Trinajstić information content (AvgIpc) is 3.31. The first-order valence-electron chi connectivity index (χ1n) is 10.4. The SMILES string of the molecule is CC(C)N1[C@H]2CCNc3ccccc3CN(C(=O)Cn3ccnc3)C[C@@H]1CC2. The van der Waals surface area contributed by atoms with Crippen LogP contribution in [-0.4, -0.2) is 56.5 Å². The Labute approximate surface area is 167 Å².